The standard InChI is InChI=1S/C17H25N3/c1-11(2)16(18)6-14-10-20(4)17-7-13-9-19(3)8-12(13)5-15(14)17/h5,7,10-11,16H,6,8-9,18H2,1-4H3. The summed E-state index contributed by atoms with van der Waals surface area (Å²) in [5, 5.41) is 1.39. The van der Waals surface area contributed by atoms with Crippen LogP contribution in [0.3, 0.4) is 0 Å². The number of hydrogen-bond donors (Lipinski definition) is 1. The van der Waals surface area contributed by atoms with Crippen LogP contribution in [0.15, 0.2) is 18.3 Å². The maximum absolute atomic E-state index is 6.27. The first kappa shape index (κ1) is 13.7. The summed E-state index contributed by atoms with van der Waals surface area (Å²) in [5.41, 5.74) is 11.9. The van der Waals surface area contributed by atoms with Gasteiger partial charge in [-0.3, -0.25) is 4.90 Å². The van der Waals surface area contributed by atoms with Crippen molar-refractivity contribution in [2.45, 2.75) is 39.4 Å². The third-order valence-electron chi connectivity index (χ3n) is 4.59. The average Bonchev–Trinajstić information content (AvgIpc) is 2.87. The highest BCUT2D eigenvalue weighted by atomic mass is 15.1. The molecule has 2 aromatic rings. The first-order valence-electron chi connectivity index (χ1n) is 7.49. The number of nitrogens with two attached hydrogens (primary N) is 1. The van der Waals surface area contributed by atoms with Crippen molar-refractivity contribution in [3.63, 3.8) is 0 Å². The predicted molar refractivity (Wildman–Crippen MR) is 84.6 cm³/mol. The Hall–Kier alpha value is -1.32. The molecule has 1 aliphatic rings. The lowest BCUT2D eigenvalue weighted by Crippen LogP contribution is -2.28. The molecule has 3 rings (SSSR count). The van der Waals surface area contributed by atoms with Crippen molar-refractivity contribution in [2.24, 2.45) is 18.7 Å². The van der Waals surface area contributed by atoms with E-state index >= 15 is 0 Å². The van der Waals surface area contributed by atoms with Crippen molar-refractivity contribution in [1.29, 1.82) is 0 Å². The number of nitrogens with zero attached hydrogens (tertiary/aromatic N) is 2. The smallest absolute Gasteiger partial charge is 0.0484 e. The molecular formula is C17H25N3. The lowest BCUT2D eigenvalue weighted by Gasteiger charge is -2.14. The lowest BCUT2D eigenvalue weighted by molar-refractivity contribution is 0.353. The Morgan fingerprint density at radius 1 is 1.15 bits per heavy atom. The summed E-state index contributed by atoms with van der Waals surface area (Å²) in [7, 11) is 4.32. The van der Waals surface area contributed by atoms with Crippen molar-refractivity contribution in [2.75, 3.05) is 7.05 Å². The third-order valence-corrected chi connectivity index (χ3v) is 4.59. The first-order valence-corrected chi connectivity index (χ1v) is 7.49. The molecule has 3 nitrogen and oxygen atoms in total. The van der Waals surface area contributed by atoms with Crippen molar-refractivity contribution >= 4 is 10.9 Å². The number of rotatable bonds is 3. The van der Waals surface area contributed by atoms with Crippen LogP contribution in [0.5, 0.6) is 0 Å². The zero-order valence-electron chi connectivity index (χ0n) is 13.0. The Labute approximate surface area is 121 Å². The number of benzene rings is 1. The maximum atomic E-state index is 6.27. The Bertz CT molecular complexity index is 639. The minimum atomic E-state index is 0.233. The van der Waals surface area contributed by atoms with Crippen LogP contribution in [0.4, 0.5) is 0 Å². The summed E-state index contributed by atoms with van der Waals surface area (Å²) in [6.45, 7) is 6.53. The molecule has 108 valence electrons. The van der Waals surface area contributed by atoms with Gasteiger partial charge in [0.1, 0.15) is 0 Å². The number of aromatic nitrogens is 1. The van der Waals surface area contributed by atoms with Gasteiger partial charge in [-0.15, -0.1) is 0 Å². The average molecular weight is 271 g/mol. The fourth-order valence-electron chi connectivity index (χ4n) is 3.18. The molecule has 1 aromatic carbocycles. The molecule has 0 amide bonds. The van der Waals surface area contributed by atoms with Crippen LogP contribution in [0.1, 0.15) is 30.5 Å². The number of hydrogen-bond acceptors (Lipinski definition) is 2. The largest absolute Gasteiger partial charge is 0.350 e. The topological polar surface area (TPSA) is 34.2 Å². The SMILES string of the molecule is CC(C)C(N)Cc1cn(C)c2cc3c(cc12)CN(C)C3. The highest BCUT2D eigenvalue weighted by Crippen LogP contribution is 2.30. The fraction of sp³-hybridized carbons (Fsp3) is 0.529. The third kappa shape index (κ3) is 2.25. The fourth-order valence-corrected chi connectivity index (χ4v) is 3.18. The summed E-state index contributed by atoms with van der Waals surface area (Å²) in [6, 6.07) is 4.98. The highest BCUT2D eigenvalue weighted by molar-refractivity contribution is 5.86. The molecule has 1 atom stereocenters. The monoisotopic (exact) mass is 271 g/mol. The summed E-state index contributed by atoms with van der Waals surface area (Å²) >= 11 is 0. The second-order valence-electron chi connectivity index (χ2n) is 6.69. The zero-order chi connectivity index (χ0) is 14.4. The molecule has 0 spiro atoms. The van der Waals surface area contributed by atoms with Gasteiger partial charge in [-0.2, -0.15) is 0 Å². The van der Waals surface area contributed by atoms with Gasteiger partial charge in [-0.1, -0.05) is 13.8 Å². The minimum Gasteiger partial charge on any atom is -0.350 e. The Kier molecular flexibility index (Phi) is 3.35. The molecule has 3 heteroatoms. The van der Waals surface area contributed by atoms with Gasteiger partial charge in [-0.25, -0.2) is 0 Å². The van der Waals surface area contributed by atoms with E-state index in [1.54, 1.807) is 0 Å². The Morgan fingerprint density at radius 2 is 1.80 bits per heavy atom. The van der Waals surface area contributed by atoms with Crippen LogP contribution < -0.4 is 5.73 Å². The summed E-state index contributed by atoms with van der Waals surface area (Å²) < 4.78 is 2.25. The molecule has 1 unspecified atom stereocenters. The van der Waals surface area contributed by atoms with E-state index in [1.165, 1.54) is 27.6 Å². The first-order chi connectivity index (χ1) is 9.45. The molecule has 20 heavy (non-hydrogen) atoms. The van der Waals surface area contributed by atoms with Crippen molar-refractivity contribution in [3.05, 3.63) is 35.0 Å². The van der Waals surface area contributed by atoms with Gasteiger partial charge >= 0.3 is 0 Å². The van der Waals surface area contributed by atoms with Crippen LogP contribution in [-0.4, -0.2) is 22.6 Å². The molecule has 0 fully saturated rings. The van der Waals surface area contributed by atoms with Gasteiger partial charge in [0.15, 0.2) is 0 Å². The van der Waals surface area contributed by atoms with Crippen molar-refractivity contribution in [3.8, 4) is 0 Å². The van der Waals surface area contributed by atoms with Crippen LogP contribution in [-0.2, 0) is 26.6 Å². The second-order valence-corrected chi connectivity index (χ2v) is 6.69. The summed E-state index contributed by atoms with van der Waals surface area (Å²) in [4.78, 5) is 2.36. The van der Waals surface area contributed by atoms with E-state index in [1.807, 2.05) is 0 Å². The van der Waals surface area contributed by atoms with E-state index in [9.17, 15) is 0 Å². The molecule has 0 saturated heterocycles. The van der Waals surface area contributed by atoms with Gasteiger partial charge < -0.3 is 10.3 Å². The lowest BCUT2D eigenvalue weighted by atomic mass is 9.96. The molecule has 0 saturated carbocycles. The van der Waals surface area contributed by atoms with Crippen LogP contribution in [0.2, 0.25) is 0 Å². The molecule has 1 aliphatic heterocycles. The van der Waals surface area contributed by atoms with Crippen molar-refractivity contribution < 1.29 is 0 Å². The van der Waals surface area contributed by atoms with E-state index in [2.05, 4.69) is 55.7 Å². The molecular weight excluding hydrogens is 246 g/mol. The molecule has 0 bridgehead atoms. The quantitative estimate of drug-likeness (QED) is 0.931. The number of fused-ring (bicyclic) bond motifs is 2. The summed E-state index contributed by atoms with van der Waals surface area (Å²) in [6.07, 6.45) is 3.22. The van der Waals surface area contributed by atoms with Gasteiger partial charge in [0.2, 0.25) is 0 Å². The van der Waals surface area contributed by atoms with Gasteiger partial charge in [0, 0.05) is 43.3 Å². The Morgan fingerprint density at radius 3 is 2.45 bits per heavy atom. The molecule has 0 radical (unpaired) electrons. The normalized spacial score (nSPS) is 17.1. The van der Waals surface area contributed by atoms with E-state index in [-0.39, 0.29) is 6.04 Å². The highest BCUT2D eigenvalue weighted by Gasteiger charge is 2.19. The van der Waals surface area contributed by atoms with Gasteiger partial charge in [0.25, 0.3) is 0 Å². The van der Waals surface area contributed by atoms with E-state index in [0.717, 1.165) is 19.5 Å². The van der Waals surface area contributed by atoms with Crippen LogP contribution in [0.25, 0.3) is 10.9 Å². The Balaban J connectivity index is 2.04. The minimum absolute atomic E-state index is 0.233. The number of aryl methyl sites for hydroxylation is 1. The predicted octanol–water partition coefficient (Wildman–Crippen LogP) is 2.65. The van der Waals surface area contributed by atoms with Crippen molar-refractivity contribution in [1.82, 2.24) is 9.47 Å². The van der Waals surface area contributed by atoms with E-state index in [0.29, 0.717) is 5.92 Å². The maximum Gasteiger partial charge on any atom is 0.0484 e. The second kappa shape index (κ2) is 4.90. The summed E-state index contributed by atoms with van der Waals surface area (Å²) in [5.74, 6) is 0.519. The molecule has 2 N–H and O–H groups in total. The molecule has 1 aromatic heterocycles. The molecule has 2 heterocycles. The van der Waals surface area contributed by atoms with E-state index < -0.39 is 0 Å². The van der Waals surface area contributed by atoms with Gasteiger partial charge in [0.05, 0.1) is 0 Å². The zero-order valence-corrected chi connectivity index (χ0v) is 13.0. The molecule has 0 aliphatic carbocycles. The van der Waals surface area contributed by atoms with E-state index in [4.69, 9.17) is 5.73 Å². The van der Waals surface area contributed by atoms with Gasteiger partial charge in [-0.05, 0) is 48.2 Å². The van der Waals surface area contributed by atoms with Crippen LogP contribution >= 0.6 is 0 Å². The van der Waals surface area contributed by atoms with Crippen LogP contribution in [0, 0.1) is 5.92 Å².